The standard InChI is InChI=1S/C15H23NO2/c1-4-9-16-10-5-6-14(16)13-11-12(17-2)7-8-15(13)18-3/h7-8,11,14H,4-6,9-10H2,1-3H3/t14-/m1/s1. The molecule has 0 N–H and O–H groups in total. The molecule has 3 nitrogen and oxygen atoms in total. The summed E-state index contributed by atoms with van der Waals surface area (Å²) in [5.74, 6) is 1.89. The van der Waals surface area contributed by atoms with Gasteiger partial charge >= 0.3 is 0 Å². The van der Waals surface area contributed by atoms with Crippen LogP contribution in [0.3, 0.4) is 0 Å². The van der Waals surface area contributed by atoms with Gasteiger partial charge in [-0.1, -0.05) is 6.92 Å². The second-order valence-electron chi connectivity index (χ2n) is 4.80. The lowest BCUT2D eigenvalue weighted by molar-refractivity contribution is 0.251. The fraction of sp³-hybridized carbons (Fsp3) is 0.600. The van der Waals surface area contributed by atoms with Crippen molar-refractivity contribution in [2.45, 2.75) is 32.2 Å². The van der Waals surface area contributed by atoms with Gasteiger partial charge in [-0.3, -0.25) is 4.90 Å². The Kier molecular flexibility index (Phi) is 4.48. The molecule has 1 heterocycles. The fourth-order valence-electron chi connectivity index (χ4n) is 2.83. The second-order valence-corrected chi connectivity index (χ2v) is 4.80. The number of rotatable bonds is 5. The number of benzene rings is 1. The zero-order chi connectivity index (χ0) is 13.0. The molecule has 0 aliphatic carbocycles. The first-order chi connectivity index (χ1) is 8.80. The number of hydrogen-bond donors (Lipinski definition) is 0. The van der Waals surface area contributed by atoms with Gasteiger partial charge in [0, 0.05) is 11.6 Å². The molecule has 1 aliphatic heterocycles. The predicted molar refractivity (Wildman–Crippen MR) is 73.4 cm³/mol. The minimum Gasteiger partial charge on any atom is -0.497 e. The van der Waals surface area contributed by atoms with E-state index in [1.54, 1.807) is 14.2 Å². The topological polar surface area (TPSA) is 21.7 Å². The zero-order valence-electron chi connectivity index (χ0n) is 11.6. The molecular formula is C15H23NO2. The molecule has 2 rings (SSSR count). The van der Waals surface area contributed by atoms with Crippen molar-refractivity contribution >= 4 is 0 Å². The third kappa shape index (κ3) is 2.61. The van der Waals surface area contributed by atoms with Crippen molar-refractivity contribution < 1.29 is 9.47 Å². The van der Waals surface area contributed by atoms with Crippen molar-refractivity contribution in [1.29, 1.82) is 0 Å². The Morgan fingerprint density at radius 2 is 2.11 bits per heavy atom. The molecule has 0 spiro atoms. The summed E-state index contributed by atoms with van der Waals surface area (Å²) >= 11 is 0. The summed E-state index contributed by atoms with van der Waals surface area (Å²) in [4.78, 5) is 2.55. The highest BCUT2D eigenvalue weighted by molar-refractivity contribution is 5.42. The Balaban J connectivity index is 2.29. The lowest BCUT2D eigenvalue weighted by atomic mass is 10.0. The molecule has 0 amide bonds. The molecule has 0 saturated carbocycles. The summed E-state index contributed by atoms with van der Waals surface area (Å²) in [6, 6.07) is 6.57. The summed E-state index contributed by atoms with van der Waals surface area (Å²) in [5.41, 5.74) is 1.27. The van der Waals surface area contributed by atoms with Crippen LogP contribution >= 0.6 is 0 Å². The highest BCUT2D eigenvalue weighted by Crippen LogP contribution is 2.38. The highest BCUT2D eigenvalue weighted by Gasteiger charge is 2.27. The molecule has 1 fully saturated rings. The maximum atomic E-state index is 5.50. The lowest BCUT2D eigenvalue weighted by Gasteiger charge is -2.26. The van der Waals surface area contributed by atoms with E-state index in [-0.39, 0.29) is 0 Å². The third-order valence-corrected chi connectivity index (χ3v) is 3.67. The van der Waals surface area contributed by atoms with Crippen molar-refractivity contribution in [2.75, 3.05) is 27.3 Å². The van der Waals surface area contributed by atoms with Crippen LogP contribution in [0.15, 0.2) is 18.2 Å². The number of nitrogens with zero attached hydrogens (tertiary/aromatic N) is 1. The van der Waals surface area contributed by atoms with Gasteiger partial charge in [0.2, 0.25) is 0 Å². The molecule has 0 bridgehead atoms. The fourth-order valence-corrected chi connectivity index (χ4v) is 2.83. The summed E-state index contributed by atoms with van der Waals surface area (Å²) in [7, 11) is 3.45. The van der Waals surface area contributed by atoms with Crippen molar-refractivity contribution in [3.63, 3.8) is 0 Å². The van der Waals surface area contributed by atoms with Gasteiger partial charge in [-0.2, -0.15) is 0 Å². The molecule has 100 valence electrons. The Labute approximate surface area is 110 Å². The van der Waals surface area contributed by atoms with E-state index < -0.39 is 0 Å². The van der Waals surface area contributed by atoms with E-state index in [1.165, 1.54) is 31.4 Å². The molecule has 0 aromatic heterocycles. The first kappa shape index (κ1) is 13.2. The average Bonchev–Trinajstić information content (AvgIpc) is 2.86. The van der Waals surface area contributed by atoms with Crippen LogP contribution in [0.4, 0.5) is 0 Å². The summed E-state index contributed by atoms with van der Waals surface area (Å²) in [6.07, 6.45) is 3.68. The molecule has 1 saturated heterocycles. The third-order valence-electron chi connectivity index (χ3n) is 3.67. The first-order valence-corrected chi connectivity index (χ1v) is 6.76. The van der Waals surface area contributed by atoms with Crippen LogP contribution in [-0.4, -0.2) is 32.2 Å². The Hall–Kier alpha value is -1.22. The molecule has 1 aromatic carbocycles. The molecule has 1 aliphatic rings. The van der Waals surface area contributed by atoms with Crippen molar-refractivity contribution in [1.82, 2.24) is 4.90 Å². The zero-order valence-corrected chi connectivity index (χ0v) is 11.6. The van der Waals surface area contributed by atoms with Gasteiger partial charge in [0.05, 0.1) is 14.2 Å². The molecular weight excluding hydrogens is 226 g/mol. The second kappa shape index (κ2) is 6.10. The van der Waals surface area contributed by atoms with Crippen LogP contribution < -0.4 is 9.47 Å². The number of methoxy groups -OCH3 is 2. The Morgan fingerprint density at radius 3 is 2.78 bits per heavy atom. The van der Waals surface area contributed by atoms with Crippen LogP contribution in [0.5, 0.6) is 11.5 Å². The van der Waals surface area contributed by atoms with Crippen molar-refractivity contribution in [3.05, 3.63) is 23.8 Å². The van der Waals surface area contributed by atoms with E-state index in [0.717, 1.165) is 18.0 Å². The maximum absolute atomic E-state index is 5.50. The van der Waals surface area contributed by atoms with Crippen molar-refractivity contribution in [2.24, 2.45) is 0 Å². The minimum atomic E-state index is 0.481. The van der Waals surface area contributed by atoms with Gasteiger partial charge in [0.15, 0.2) is 0 Å². The van der Waals surface area contributed by atoms with Gasteiger partial charge < -0.3 is 9.47 Å². The number of hydrogen-bond acceptors (Lipinski definition) is 3. The molecule has 18 heavy (non-hydrogen) atoms. The van der Waals surface area contributed by atoms with E-state index >= 15 is 0 Å². The van der Waals surface area contributed by atoms with Gasteiger partial charge in [0.1, 0.15) is 11.5 Å². The van der Waals surface area contributed by atoms with Gasteiger partial charge in [-0.15, -0.1) is 0 Å². The van der Waals surface area contributed by atoms with Crippen LogP contribution in [0.2, 0.25) is 0 Å². The minimum absolute atomic E-state index is 0.481. The SMILES string of the molecule is CCCN1CCC[C@@H]1c1cc(OC)ccc1OC. The quantitative estimate of drug-likeness (QED) is 0.799. The van der Waals surface area contributed by atoms with Crippen LogP contribution in [0.1, 0.15) is 37.8 Å². The molecule has 0 unspecified atom stereocenters. The maximum Gasteiger partial charge on any atom is 0.123 e. The van der Waals surface area contributed by atoms with Crippen molar-refractivity contribution in [3.8, 4) is 11.5 Å². The van der Waals surface area contributed by atoms with E-state index in [0.29, 0.717) is 6.04 Å². The van der Waals surface area contributed by atoms with Crippen LogP contribution in [-0.2, 0) is 0 Å². The van der Waals surface area contributed by atoms with Crippen LogP contribution in [0, 0.1) is 0 Å². The molecule has 1 atom stereocenters. The van der Waals surface area contributed by atoms with E-state index in [9.17, 15) is 0 Å². The Morgan fingerprint density at radius 1 is 1.28 bits per heavy atom. The molecule has 1 aromatic rings. The smallest absolute Gasteiger partial charge is 0.123 e. The van der Waals surface area contributed by atoms with E-state index in [2.05, 4.69) is 17.9 Å². The lowest BCUT2D eigenvalue weighted by Crippen LogP contribution is -2.24. The average molecular weight is 249 g/mol. The highest BCUT2D eigenvalue weighted by atomic mass is 16.5. The Bertz CT molecular complexity index is 392. The van der Waals surface area contributed by atoms with Gasteiger partial charge in [-0.05, 0) is 50.6 Å². The van der Waals surface area contributed by atoms with Crippen LogP contribution in [0.25, 0.3) is 0 Å². The van der Waals surface area contributed by atoms with Gasteiger partial charge in [0.25, 0.3) is 0 Å². The monoisotopic (exact) mass is 249 g/mol. The molecule has 3 heteroatoms. The predicted octanol–water partition coefficient (Wildman–Crippen LogP) is 3.25. The first-order valence-electron chi connectivity index (χ1n) is 6.76. The normalized spacial score (nSPS) is 20.1. The largest absolute Gasteiger partial charge is 0.497 e. The van der Waals surface area contributed by atoms with E-state index in [4.69, 9.17) is 9.47 Å². The van der Waals surface area contributed by atoms with E-state index in [1.807, 2.05) is 12.1 Å². The number of ether oxygens (including phenoxy) is 2. The summed E-state index contributed by atoms with van der Waals surface area (Å²) < 4.78 is 10.8. The molecule has 0 radical (unpaired) electrons. The van der Waals surface area contributed by atoms with Gasteiger partial charge in [-0.25, -0.2) is 0 Å². The summed E-state index contributed by atoms with van der Waals surface area (Å²) in [6.45, 7) is 4.59. The summed E-state index contributed by atoms with van der Waals surface area (Å²) in [5, 5.41) is 0. The number of likely N-dealkylation sites (tertiary alicyclic amines) is 1.